The van der Waals surface area contributed by atoms with Crippen LogP contribution >= 0.6 is 0 Å². The SMILES string of the molecule is CC(N)=NC(=NC(C)C)c1cn2c(n1)-c1ccc(OC(O)(CO)c3ccccc3)cc1OCC2. The third kappa shape index (κ3) is 4.95. The Morgan fingerprint density at radius 3 is 2.71 bits per heavy atom. The van der Waals surface area contributed by atoms with Gasteiger partial charge in [-0.15, -0.1) is 0 Å². The number of aliphatic hydroxyl groups excluding tert-OH is 1. The number of aliphatic hydroxyl groups is 2. The molecule has 9 heteroatoms. The second-order valence-corrected chi connectivity index (χ2v) is 8.36. The third-order valence-corrected chi connectivity index (χ3v) is 5.18. The standard InChI is InChI=1S/C25H29N5O4/c1-16(2)27-23(28-17(3)26)21-14-30-11-12-33-22-13-19(9-10-20(22)24(30)29-21)34-25(32,15-31)18-7-5-4-6-8-18/h4-10,13-14,16,31-32H,11-12,15H2,1-3H3,(H2,26,27,28). The molecule has 9 nitrogen and oxygen atoms in total. The fraction of sp³-hybridized carbons (Fsp3) is 0.320. The molecule has 0 radical (unpaired) electrons. The Morgan fingerprint density at radius 2 is 2.03 bits per heavy atom. The highest BCUT2D eigenvalue weighted by Crippen LogP contribution is 2.37. The summed E-state index contributed by atoms with van der Waals surface area (Å²) in [5, 5.41) is 20.7. The second kappa shape index (κ2) is 9.66. The number of rotatable bonds is 6. The highest BCUT2D eigenvalue weighted by molar-refractivity contribution is 6.04. The van der Waals surface area contributed by atoms with Gasteiger partial charge in [-0.05, 0) is 32.9 Å². The number of fused-ring (bicyclic) bond motifs is 3. The second-order valence-electron chi connectivity index (χ2n) is 8.36. The van der Waals surface area contributed by atoms with Crippen LogP contribution in [0.3, 0.4) is 0 Å². The van der Waals surface area contributed by atoms with E-state index in [-0.39, 0.29) is 6.04 Å². The fourth-order valence-corrected chi connectivity index (χ4v) is 3.67. The Bertz CT molecular complexity index is 1220. The largest absolute Gasteiger partial charge is 0.491 e. The van der Waals surface area contributed by atoms with Gasteiger partial charge < -0.3 is 30.0 Å². The van der Waals surface area contributed by atoms with Crippen molar-refractivity contribution in [3.8, 4) is 22.9 Å². The maximum Gasteiger partial charge on any atom is 0.258 e. The Balaban J connectivity index is 1.70. The smallest absolute Gasteiger partial charge is 0.258 e. The minimum absolute atomic E-state index is 0.0322. The lowest BCUT2D eigenvalue weighted by Crippen LogP contribution is -2.36. The summed E-state index contributed by atoms with van der Waals surface area (Å²) in [4.78, 5) is 13.7. The molecule has 2 aromatic carbocycles. The molecule has 1 atom stereocenters. The van der Waals surface area contributed by atoms with Crippen molar-refractivity contribution in [1.82, 2.24) is 9.55 Å². The van der Waals surface area contributed by atoms with Crippen LogP contribution in [-0.4, -0.2) is 50.7 Å². The van der Waals surface area contributed by atoms with Crippen molar-refractivity contribution < 1.29 is 19.7 Å². The molecule has 1 aliphatic rings. The number of nitrogens with zero attached hydrogens (tertiary/aromatic N) is 4. The summed E-state index contributed by atoms with van der Waals surface area (Å²) in [5.41, 5.74) is 7.65. The molecule has 0 fully saturated rings. The number of aliphatic imine (C=N–C) groups is 2. The van der Waals surface area contributed by atoms with E-state index in [0.29, 0.717) is 53.4 Å². The van der Waals surface area contributed by atoms with Crippen LogP contribution in [0.5, 0.6) is 11.5 Å². The lowest BCUT2D eigenvalue weighted by atomic mass is 10.1. The zero-order valence-corrected chi connectivity index (χ0v) is 19.5. The van der Waals surface area contributed by atoms with E-state index >= 15 is 0 Å². The summed E-state index contributed by atoms with van der Waals surface area (Å²) < 4.78 is 13.8. The van der Waals surface area contributed by atoms with E-state index in [1.807, 2.05) is 36.7 Å². The zero-order chi connectivity index (χ0) is 24.3. The predicted octanol–water partition coefficient (Wildman–Crippen LogP) is 2.69. The first-order valence-corrected chi connectivity index (χ1v) is 11.1. The van der Waals surface area contributed by atoms with E-state index in [1.165, 1.54) is 0 Å². The summed E-state index contributed by atoms with van der Waals surface area (Å²) in [6.45, 7) is 6.04. The van der Waals surface area contributed by atoms with Gasteiger partial charge in [0.1, 0.15) is 36.2 Å². The zero-order valence-electron chi connectivity index (χ0n) is 19.5. The van der Waals surface area contributed by atoms with Crippen molar-refractivity contribution in [3.63, 3.8) is 0 Å². The minimum atomic E-state index is -1.88. The van der Waals surface area contributed by atoms with Crippen LogP contribution in [0.25, 0.3) is 11.4 Å². The van der Waals surface area contributed by atoms with Crippen LogP contribution < -0.4 is 15.2 Å². The quantitative estimate of drug-likeness (QED) is 0.293. The molecule has 0 amide bonds. The van der Waals surface area contributed by atoms with Gasteiger partial charge >= 0.3 is 0 Å². The molecule has 0 spiro atoms. The Hall–Kier alpha value is -3.69. The summed E-state index contributed by atoms with van der Waals surface area (Å²) in [6, 6.07) is 14.0. The number of hydrogen-bond acceptors (Lipinski definition) is 6. The maximum atomic E-state index is 10.9. The Kier molecular flexibility index (Phi) is 6.67. The van der Waals surface area contributed by atoms with E-state index in [2.05, 4.69) is 9.98 Å². The van der Waals surface area contributed by atoms with Crippen molar-refractivity contribution in [3.05, 3.63) is 66.0 Å². The topological polar surface area (TPSA) is 127 Å². The molecular formula is C25H29N5O4. The third-order valence-electron chi connectivity index (χ3n) is 5.18. The average Bonchev–Trinajstić information content (AvgIpc) is 3.15. The van der Waals surface area contributed by atoms with Gasteiger partial charge in [0.25, 0.3) is 5.79 Å². The predicted molar refractivity (Wildman–Crippen MR) is 130 cm³/mol. The molecule has 0 saturated heterocycles. The number of amidine groups is 2. The molecule has 2 heterocycles. The first-order chi connectivity index (χ1) is 16.3. The van der Waals surface area contributed by atoms with Crippen molar-refractivity contribution in [1.29, 1.82) is 0 Å². The highest BCUT2D eigenvalue weighted by Gasteiger charge is 2.31. The molecule has 0 saturated carbocycles. The molecule has 178 valence electrons. The molecule has 3 aromatic rings. The van der Waals surface area contributed by atoms with E-state index in [4.69, 9.17) is 20.2 Å². The number of ether oxygens (including phenoxy) is 2. The molecule has 4 N–H and O–H groups in total. The highest BCUT2D eigenvalue weighted by atomic mass is 16.6. The monoisotopic (exact) mass is 463 g/mol. The first-order valence-electron chi connectivity index (χ1n) is 11.1. The summed E-state index contributed by atoms with van der Waals surface area (Å²) >= 11 is 0. The van der Waals surface area contributed by atoms with Crippen LogP contribution in [0.1, 0.15) is 32.0 Å². The van der Waals surface area contributed by atoms with Crippen LogP contribution in [0.15, 0.2) is 64.7 Å². The van der Waals surface area contributed by atoms with E-state index in [0.717, 1.165) is 5.56 Å². The van der Waals surface area contributed by atoms with Crippen LogP contribution in [0.4, 0.5) is 0 Å². The molecular weight excluding hydrogens is 434 g/mol. The van der Waals surface area contributed by atoms with Gasteiger partial charge in [-0.3, -0.25) is 4.99 Å². The van der Waals surface area contributed by atoms with Crippen LogP contribution in [-0.2, 0) is 12.3 Å². The lowest BCUT2D eigenvalue weighted by Gasteiger charge is -2.27. The van der Waals surface area contributed by atoms with Gasteiger partial charge in [-0.1, -0.05) is 30.3 Å². The first kappa shape index (κ1) is 23.5. The van der Waals surface area contributed by atoms with E-state index < -0.39 is 12.4 Å². The van der Waals surface area contributed by atoms with Crippen LogP contribution in [0, 0.1) is 0 Å². The van der Waals surface area contributed by atoms with Crippen molar-refractivity contribution >= 4 is 11.7 Å². The lowest BCUT2D eigenvalue weighted by molar-refractivity contribution is -0.174. The molecule has 0 bridgehead atoms. The van der Waals surface area contributed by atoms with Gasteiger partial charge in [0.15, 0.2) is 5.84 Å². The fourth-order valence-electron chi connectivity index (χ4n) is 3.67. The molecule has 1 aromatic heterocycles. The van der Waals surface area contributed by atoms with Gasteiger partial charge in [-0.2, -0.15) is 0 Å². The molecule has 1 aliphatic heterocycles. The maximum absolute atomic E-state index is 10.9. The van der Waals surface area contributed by atoms with Crippen molar-refractivity contribution in [2.45, 2.75) is 39.1 Å². The Labute approximate surface area is 198 Å². The van der Waals surface area contributed by atoms with Gasteiger partial charge in [0.05, 0.1) is 17.9 Å². The van der Waals surface area contributed by atoms with Crippen molar-refractivity contribution in [2.24, 2.45) is 15.7 Å². The number of nitrogens with two attached hydrogens (primary N) is 1. The molecule has 0 aliphatic carbocycles. The van der Waals surface area contributed by atoms with Gasteiger partial charge in [-0.25, -0.2) is 9.98 Å². The number of hydrogen-bond donors (Lipinski definition) is 3. The van der Waals surface area contributed by atoms with Gasteiger partial charge in [0.2, 0.25) is 0 Å². The average molecular weight is 464 g/mol. The van der Waals surface area contributed by atoms with E-state index in [9.17, 15) is 10.2 Å². The number of imidazole rings is 1. The summed E-state index contributed by atoms with van der Waals surface area (Å²) in [6.07, 6.45) is 1.89. The van der Waals surface area contributed by atoms with Gasteiger partial charge in [0, 0.05) is 23.9 Å². The van der Waals surface area contributed by atoms with E-state index in [1.54, 1.807) is 43.3 Å². The molecule has 4 rings (SSSR count). The Morgan fingerprint density at radius 1 is 1.26 bits per heavy atom. The number of benzene rings is 2. The van der Waals surface area contributed by atoms with Crippen molar-refractivity contribution in [2.75, 3.05) is 13.2 Å². The summed E-state index contributed by atoms with van der Waals surface area (Å²) in [5.74, 6) is 0.617. The normalized spacial score (nSPS) is 15.7. The minimum Gasteiger partial charge on any atom is -0.491 e. The van der Waals surface area contributed by atoms with Crippen LogP contribution in [0.2, 0.25) is 0 Å². The number of aromatic nitrogens is 2. The summed E-state index contributed by atoms with van der Waals surface area (Å²) in [7, 11) is 0. The molecule has 1 unspecified atom stereocenters. The molecule has 34 heavy (non-hydrogen) atoms.